The molecule has 2 aliphatic heterocycles. The summed E-state index contributed by atoms with van der Waals surface area (Å²) in [5, 5.41) is 13.0. The predicted molar refractivity (Wildman–Crippen MR) is 181 cm³/mol. The first-order chi connectivity index (χ1) is 22.3. The molecule has 3 atom stereocenters. The average molecular weight is 629 g/mol. The fourth-order valence-electron chi connectivity index (χ4n) is 6.15. The quantitative estimate of drug-likeness (QED) is 0.327. The van der Waals surface area contributed by atoms with Crippen molar-refractivity contribution in [2.24, 2.45) is 5.92 Å². The van der Waals surface area contributed by atoms with Gasteiger partial charge in [-0.25, -0.2) is 0 Å². The number of nitrogens with zero attached hydrogens (tertiary/aromatic N) is 3. The highest BCUT2D eigenvalue weighted by molar-refractivity contribution is 5.91. The second-order valence-electron chi connectivity index (χ2n) is 12.7. The Morgan fingerprint density at radius 1 is 1.04 bits per heavy atom. The van der Waals surface area contributed by atoms with Crippen molar-refractivity contribution in [1.29, 1.82) is 0 Å². The van der Waals surface area contributed by atoms with Crippen LogP contribution in [0.3, 0.4) is 0 Å². The highest BCUT2D eigenvalue weighted by atomic mass is 16.5. The molecule has 2 amide bonds. The van der Waals surface area contributed by atoms with Gasteiger partial charge in [0, 0.05) is 62.9 Å². The first-order valence-electron chi connectivity index (χ1n) is 16.4. The fraction of sp³-hybridized carbons (Fsp3) is 0.459. The number of carbonyl (C=O) groups is 2. The van der Waals surface area contributed by atoms with Gasteiger partial charge in [-0.15, -0.1) is 0 Å². The number of aliphatic hydroxyl groups excluding tert-OH is 1. The van der Waals surface area contributed by atoms with Gasteiger partial charge in [0.25, 0.3) is 0 Å². The van der Waals surface area contributed by atoms with Gasteiger partial charge in [0.2, 0.25) is 11.8 Å². The molecule has 0 bridgehead atoms. The van der Waals surface area contributed by atoms with E-state index in [-0.39, 0.29) is 42.9 Å². The van der Waals surface area contributed by atoms with E-state index in [0.29, 0.717) is 50.7 Å². The Labute approximate surface area is 273 Å². The highest BCUT2D eigenvalue weighted by Gasteiger charge is 2.31. The maximum absolute atomic E-state index is 13.6. The molecule has 0 aromatic heterocycles. The SMILES string of the molecule is C[C@H]1CN([C@@H](C)CO)C(=O)Cc2cc(NC(=O)CCN3CCOCC3)ccc2O[C@H]1CN(C)Cc1ccc(-c2ccccc2)cc1. The summed E-state index contributed by atoms with van der Waals surface area (Å²) in [5.41, 5.74) is 4.96. The van der Waals surface area contributed by atoms with E-state index in [1.807, 2.05) is 43.3 Å². The van der Waals surface area contributed by atoms with E-state index in [1.165, 1.54) is 16.7 Å². The number of fused-ring (bicyclic) bond motifs is 1. The largest absolute Gasteiger partial charge is 0.488 e. The van der Waals surface area contributed by atoms with Crippen molar-refractivity contribution in [2.75, 3.05) is 64.9 Å². The van der Waals surface area contributed by atoms with Crippen LogP contribution in [-0.2, 0) is 27.3 Å². The molecule has 9 heteroatoms. The van der Waals surface area contributed by atoms with Crippen molar-refractivity contribution in [1.82, 2.24) is 14.7 Å². The first kappa shape index (κ1) is 33.6. The summed E-state index contributed by atoms with van der Waals surface area (Å²) in [4.78, 5) is 32.6. The molecule has 5 rings (SSSR count). The summed E-state index contributed by atoms with van der Waals surface area (Å²) in [6.45, 7) is 9.48. The number of carbonyl (C=O) groups excluding carboxylic acids is 2. The van der Waals surface area contributed by atoms with Crippen LogP contribution in [0.4, 0.5) is 5.69 Å². The van der Waals surface area contributed by atoms with Crippen molar-refractivity contribution < 1.29 is 24.2 Å². The van der Waals surface area contributed by atoms with Crippen LogP contribution in [0.15, 0.2) is 72.8 Å². The van der Waals surface area contributed by atoms with Crippen molar-refractivity contribution in [3.63, 3.8) is 0 Å². The van der Waals surface area contributed by atoms with E-state index in [1.54, 1.807) is 4.90 Å². The molecule has 2 N–H and O–H groups in total. The topological polar surface area (TPSA) is 94.6 Å². The third-order valence-corrected chi connectivity index (χ3v) is 8.96. The van der Waals surface area contributed by atoms with Crippen LogP contribution in [0.2, 0.25) is 0 Å². The Morgan fingerprint density at radius 2 is 1.76 bits per heavy atom. The van der Waals surface area contributed by atoms with Gasteiger partial charge in [0.1, 0.15) is 11.9 Å². The molecule has 1 saturated heterocycles. The molecule has 3 aromatic carbocycles. The number of morpholine rings is 1. The third kappa shape index (κ3) is 9.16. The number of amides is 2. The smallest absolute Gasteiger partial charge is 0.227 e. The molecule has 0 unspecified atom stereocenters. The zero-order valence-corrected chi connectivity index (χ0v) is 27.4. The van der Waals surface area contributed by atoms with E-state index in [4.69, 9.17) is 9.47 Å². The summed E-state index contributed by atoms with van der Waals surface area (Å²) in [7, 11) is 2.09. The molecule has 9 nitrogen and oxygen atoms in total. The lowest BCUT2D eigenvalue weighted by Gasteiger charge is -2.34. The minimum atomic E-state index is -0.318. The lowest BCUT2D eigenvalue weighted by molar-refractivity contribution is -0.134. The van der Waals surface area contributed by atoms with E-state index < -0.39 is 0 Å². The average Bonchev–Trinajstić information content (AvgIpc) is 3.11. The number of rotatable bonds is 11. The summed E-state index contributed by atoms with van der Waals surface area (Å²) in [6, 6.07) is 24.3. The Bertz CT molecular complexity index is 1430. The van der Waals surface area contributed by atoms with Gasteiger partial charge < -0.3 is 24.8 Å². The monoisotopic (exact) mass is 628 g/mol. The molecule has 2 aliphatic rings. The zero-order chi connectivity index (χ0) is 32.5. The summed E-state index contributed by atoms with van der Waals surface area (Å²) < 4.78 is 12.1. The zero-order valence-electron chi connectivity index (χ0n) is 27.4. The second-order valence-corrected chi connectivity index (χ2v) is 12.7. The maximum atomic E-state index is 13.6. The summed E-state index contributed by atoms with van der Waals surface area (Å²) in [5.74, 6) is 0.519. The normalized spacial score (nSPS) is 19.8. The minimum absolute atomic E-state index is 0.00590. The van der Waals surface area contributed by atoms with Gasteiger partial charge in [0.15, 0.2) is 0 Å². The maximum Gasteiger partial charge on any atom is 0.227 e. The molecule has 0 radical (unpaired) electrons. The molecular formula is C37H48N4O5. The Balaban J connectivity index is 1.29. The van der Waals surface area contributed by atoms with Gasteiger partial charge in [-0.3, -0.25) is 19.4 Å². The van der Waals surface area contributed by atoms with Gasteiger partial charge in [-0.2, -0.15) is 0 Å². The third-order valence-electron chi connectivity index (χ3n) is 8.96. The van der Waals surface area contributed by atoms with Gasteiger partial charge in [0.05, 0.1) is 32.3 Å². The van der Waals surface area contributed by atoms with Crippen molar-refractivity contribution >= 4 is 17.5 Å². The molecule has 0 aliphatic carbocycles. The standard InChI is InChI=1S/C37H48N4O5/c1-27-23-41(28(2)26-42)37(44)22-32-21-33(38-36(43)15-16-40-17-19-45-20-18-40)13-14-34(32)46-35(27)25-39(3)24-29-9-11-31(12-10-29)30-7-5-4-6-8-30/h4-14,21,27-28,35,42H,15-20,22-26H2,1-3H3,(H,38,43)/t27-,28-,35-/m0/s1. The Hall–Kier alpha value is -3.76. The van der Waals surface area contributed by atoms with E-state index >= 15 is 0 Å². The first-order valence-corrected chi connectivity index (χ1v) is 16.4. The fourth-order valence-corrected chi connectivity index (χ4v) is 6.15. The second kappa shape index (κ2) is 16.2. The Kier molecular flexibility index (Phi) is 11.8. The van der Waals surface area contributed by atoms with Crippen molar-refractivity contribution in [2.45, 2.75) is 45.4 Å². The van der Waals surface area contributed by atoms with Crippen LogP contribution < -0.4 is 10.1 Å². The highest BCUT2D eigenvalue weighted by Crippen LogP contribution is 2.29. The molecule has 46 heavy (non-hydrogen) atoms. The minimum Gasteiger partial charge on any atom is -0.488 e. The predicted octanol–water partition coefficient (Wildman–Crippen LogP) is 4.30. The van der Waals surface area contributed by atoms with Crippen LogP contribution in [0, 0.1) is 5.92 Å². The summed E-state index contributed by atoms with van der Waals surface area (Å²) >= 11 is 0. The van der Waals surface area contributed by atoms with Crippen LogP contribution in [-0.4, -0.2) is 103 Å². The molecule has 1 fully saturated rings. The van der Waals surface area contributed by atoms with Gasteiger partial charge in [-0.05, 0) is 48.9 Å². The van der Waals surface area contributed by atoms with E-state index in [0.717, 1.165) is 25.2 Å². The Morgan fingerprint density at radius 3 is 2.48 bits per heavy atom. The molecular weight excluding hydrogens is 580 g/mol. The van der Waals surface area contributed by atoms with Crippen LogP contribution >= 0.6 is 0 Å². The number of anilines is 1. The number of aliphatic hydroxyl groups is 1. The molecule has 0 spiro atoms. The summed E-state index contributed by atoms with van der Waals surface area (Å²) in [6.07, 6.45) is 0.302. The molecule has 3 aromatic rings. The number of hydrogen-bond donors (Lipinski definition) is 2. The number of benzene rings is 3. The molecule has 246 valence electrons. The lowest BCUT2D eigenvalue weighted by Crippen LogP contribution is -2.47. The number of nitrogens with one attached hydrogen (secondary N) is 1. The van der Waals surface area contributed by atoms with E-state index in [9.17, 15) is 14.7 Å². The van der Waals surface area contributed by atoms with Gasteiger partial charge >= 0.3 is 0 Å². The van der Waals surface area contributed by atoms with Crippen molar-refractivity contribution in [3.8, 4) is 16.9 Å². The molecule has 2 heterocycles. The number of ether oxygens (including phenoxy) is 2. The number of hydrogen-bond acceptors (Lipinski definition) is 7. The van der Waals surface area contributed by atoms with Crippen LogP contribution in [0.5, 0.6) is 5.75 Å². The lowest BCUT2D eigenvalue weighted by atomic mass is 10.0. The van der Waals surface area contributed by atoms with Crippen LogP contribution in [0.1, 0.15) is 31.4 Å². The van der Waals surface area contributed by atoms with Gasteiger partial charge in [-0.1, -0.05) is 61.5 Å². The number of likely N-dealkylation sites (N-methyl/N-ethyl adjacent to an activating group) is 1. The van der Waals surface area contributed by atoms with Crippen molar-refractivity contribution in [3.05, 3.63) is 83.9 Å². The van der Waals surface area contributed by atoms with Crippen LogP contribution in [0.25, 0.3) is 11.1 Å². The van der Waals surface area contributed by atoms with E-state index in [2.05, 4.69) is 65.5 Å². The molecule has 0 saturated carbocycles.